The Kier molecular flexibility index (Phi) is 4.69. The molecule has 0 fully saturated rings. The molecule has 0 aliphatic carbocycles. The Morgan fingerprint density at radius 3 is 2.83 bits per heavy atom. The average molecular weight is 313 g/mol. The SMILES string of the molecule is NCCC1=C(c2ccccn2)Cc2cc(F)ccc2N1CCO. The Morgan fingerprint density at radius 2 is 2.13 bits per heavy atom. The minimum absolute atomic E-state index is 0.0143. The van der Waals surface area contributed by atoms with Crippen LogP contribution < -0.4 is 10.6 Å². The molecule has 0 spiro atoms. The van der Waals surface area contributed by atoms with E-state index in [0.29, 0.717) is 25.9 Å². The van der Waals surface area contributed by atoms with Crippen LogP contribution in [-0.2, 0) is 6.42 Å². The number of halogens is 1. The highest BCUT2D eigenvalue weighted by Crippen LogP contribution is 2.38. The van der Waals surface area contributed by atoms with Gasteiger partial charge in [-0.3, -0.25) is 4.98 Å². The van der Waals surface area contributed by atoms with E-state index in [1.54, 1.807) is 18.3 Å². The molecule has 3 rings (SSSR count). The number of aromatic nitrogens is 1. The number of nitrogens with zero attached hydrogens (tertiary/aromatic N) is 2. The largest absolute Gasteiger partial charge is 0.395 e. The van der Waals surface area contributed by atoms with Crippen LogP contribution in [0.15, 0.2) is 48.3 Å². The fourth-order valence-electron chi connectivity index (χ4n) is 3.12. The summed E-state index contributed by atoms with van der Waals surface area (Å²) < 4.78 is 13.7. The molecule has 2 aromatic rings. The molecule has 1 aromatic carbocycles. The molecule has 1 aromatic heterocycles. The lowest BCUT2D eigenvalue weighted by Crippen LogP contribution is -2.32. The smallest absolute Gasteiger partial charge is 0.123 e. The van der Waals surface area contributed by atoms with Gasteiger partial charge in [-0.15, -0.1) is 0 Å². The first-order valence-corrected chi connectivity index (χ1v) is 7.75. The predicted octanol–water partition coefficient (Wildman–Crippen LogP) is 2.34. The van der Waals surface area contributed by atoms with Crippen molar-refractivity contribution in [3.8, 4) is 0 Å². The molecule has 2 heterocycles. The summed E-state index contributed by atoms with van der Waals surface area (Å²) in [4.78, 5) is 6.48. The summed E-state index contributed by atoms with van der Waals surface area (Å²) in [6, 6.07) is 10.5. The van der Waals surface area contributed by atoms with Crippen LogP contribution in [0.5, 0.6) is 0 Å². The van der Waals surface area contributed by atoms with Crippen molar-refractivity contribution in [2.24, 2.45) is 5.73 Å². The fraction of sp³-hybridized carbons (Fsp3) is 0.278. The third-order valence-corrected chi connectivity index (χ3v) is 4.05. The molecular weight excluding hydrogens is 293 g/mol. The molecule has 3 N–H and O–H groups in total. The minimum atomic E-state index is -0.254. The third-order valence-electron chi connectivity index (χ3n) is 4.05. The number of allylic oxidation sites excluding steroid dienone is 1. The molecule has 120 valence electrons. The molecule has 0 bridgehead atoms. The van der Waals surface area contributed by atoms with Crippen molar-refractivity contribution in [1.29, 1.82) is 0 Å². The fourth-order valence-corrected chi connectivity index (χ4v) is 3.12. The van der Waals surface area contributed by atoms with Crippen LogP contribution in [0, 0.1) is 5.82 Å². The predicted molar refractivity (Wildman–Crippen MR) is 89.4 cm³/mol. The van der Waals surface area contributed by atoms with Gasteiger partial charge < -0.3 is 15.7 Å². The minimum Gasteiger partial charge on any atom is -0.395 e. The molecule has 1 aliphatic rings. The molecule has 0 unspecified atom stereocenters. The third kappa shape index (κ3) is 3.11. The lowest BCUT2D eigenvalue weighted by atomic mass is 9.92. The maximum atomic E-state index is 13.7. The number of pyridine rings is 1. The van der Waals surface area contributed by atoms with Gasteiger partial charge in [0.1, 0.15) is 5.82 Å². The first-order chi connectivity index (χ1) is 11.2. The van der Waals surface area contributed by atoms with Crippen LogP contribution in [0.25, 0.3) is 5.57 Å². The van der Waals surface area contributed by atoms with Gasteiger partial charge in [0, 0.05) is 42.5 Å². The summed E-state index contributed by atoms with van der Waals surface area (Å²) in [7, 11) is 0. The van der Waals surface area contributed by atoms with Gasteiger partial charge in [-0.25, -0.2) is 4.39 Å². The highest BCUT2D eigenvalue weighted by atomic mass is 19.1. The second-order valence-corrected chi connectivity index (χ2v) is 5.50. The van der Waals surface area contributed by atoms with Crippen LogP contribution in [0.3, 0.4) is 0 Å². The van der Waals surface area contributed by atoms with Gasteiger partial charge in [-0.2, -0.15) is 0 Å². The zero-order valence-corrected chi connectivity index (χ0v) is 12.9. The normalized spacial score (nSPS) is 14.1. The maximum absolute atomic E-state index is 13.7. The quantitative estimate of drug-likeness (QED) is 0.889. The van der Waals surface area contributed by atoms with Crippen LogP contribution in [0.2, 0.25) is 0 Å². The highest BCUT2D eigenvalue weighted by molar-refractivity contribution is 5.79. The van der Waals surface area contributed by atoms with Gasteiger partial charge >= 0.3 is 0 Å². The van der Waals surface area contributed by atoms with Crippen molar-refractivity contribution >= 4 is 11.3 Å². The first-order valence-electron chi connectivity index (χ1n) is 7.75. The van der Waals surface area contributed by atoms with E-state index in [-0.39, 0.29) is 12.4 Å². The van der Waals surface area contributed by atoms with Crippen molar-refractivity contribution in [1.82, 2.24) is 4.98 Å². The average Bonchev–Trinajstić information content (AvgIpc) is 2.57. The van der Waals surface area contributed by atoms with E-state index in [1.165, 1.54) is 6.07 Å². The zero-order chi connectivity index (χ0) is 16.2. The summed E-state index contributed by atoms with van der Waals surface area (Å²) in [6.45, 7) is 0.967. The van der Waals surface area contributed by atoms with Gasteiger partial charge in [0.15, 0.2) is 0 Å². The topological polar surface area (TPSA) is 62.4 Å². The number of aliphatic hydroxyl groups excluding tert-OH is 1. The van der Waals surface area contributed by atoms with E-state index in [4.69, 9.17) is 5.73 Å². The molecule has 0 saturated carbocycles. The van der Waals surface area contributed by atoms with E-state index in [2.05, 4.69) is 4.98 Å². The summed E-state index contributed by atoms with van der Waals surface area (Å²) >= 11 is 0. The Bertz CT molecular complexity index is 715. The lowest BCUT2D eigenvalue weighted by molar-refractivity contribution is 0.304. The standard InChI is InChI=1S/C18H20FN3O/c19-14-4-5-17-13(11-14)12-15(16-3-1-2-8-21-16)18(6-7-20)22(17)9-10-23/h1-5,8,11,23H,6-7,9-10,12,20H2. The molecule has 4 nitrogen and oxygen atoms in total. The summed E-state index contributed by atoms with van der Waals surface area (Å²) in [5.74, 6) is -0.254. The van der Waals surface area contributed by atoms with Gasteiger partial charge in [0.05, 0.1) is 12.3 Å². The molecule has 5 heteroatoms. The summed E-state index contributed by atoms with van der Waals surface area (Å²) in [5, 5.41) is 9.46. The molecule has 0 amide bonds. The van der Waals surface area contributed by atoms with Crippen LogP contribution >= 0.6 is 0 Å². The van der Waals surface area contributed by atoms with E-state index in [1.807, 2.05) is 23.1 Å². The highest BCUT2D eigenvalue weighted by Gasteiger charge is 2.26. The maximum Gasteiger partial charge on any atom is 0.123 e. The first kappa shape index (κ1) is 15.6. The number of hydrogen-bond acceptors (Lipinski definition) is 4. The van der Waals surface area contributed by atoms with E-state index < -0.39 is 0 Å². The van der Waals surface area contributed by atoms with Crippen LogP contribution in [-0.4, -0.2) is 29.8 Å². The molecule has 0 atom stereocenters. The van der Waals surface area contributed by atoms with Crippen molar-refractivity contribution in [3.05, 3.63) is 65.4 Å². The Hall–Kier alpha value is -2.24. The van der Waals surface area contributed by atoms with Gasteiger partial charge in [0.2, 0.25) is 0 Å². The molecule has 1 aliphatic heterocycles. The molecule has 0 saturated heterocycles. The van der Waals surface area contributed by atoms with Crippen LogP contribution in [0.1, 0.15) is 17.7 Å². The number of aliphatic hydroxyl groups is 1. The molecular formula is C18H20FN3O. The van der Waals surface area contributed by atoms with Crippen molar-refractivity contribution in [2.45, 2.75) is 12.8 Å². The van der Waals surface area contributed by atoms with Crippen molar-refractivity contribution in [2.75, 3.05) is 24.6 Å². The van der Waals surface area contributed by atoms with Gasteiger partial charge in [-0.1, -0.05) is 6.07 Å². The monoisotopic (exact) mass is 313 g/mol. The number of fused-ring (bicyclic) bond motifs is 1. The number of rotatable bonds is 5. The Labute approximate surface area is 135 Å². The Morgan fingerprint density at radius 1 is 1.26 bits per heavy atom. The number of nitrogens with two attached hydrogens (primary N) is 1. The number of β-amino-alcohol motifs (C(OH)–C–C–N with tert-alkyl or cyclic N) is 1. The second kappa shape index (κ2) is 6.89. The zero-order valence-electron chi connectivity index (χ0n) is 12.9. The molecule has 23 heavy (non-hydrogen) atoms. The van der Waals surface area contributed by atoms with Gasteiger partial charge in [0.25, 0.3) is 0 Å². The number of hydrogen-bond donors (Lipinski definition) is 2. The second-order valence-electron chi connectivity index (χ2n) is 5.50. The van der Waals surface area contributed by atoms with E-state index in [0.717, 1.165) is 28.2 Å². The van der Waals surface area contributed by atoms with Crippen molar-refractivity contribution in [3.63, 3.8) is 0 Å². The lowest BCUT2D eigenvalue weighted by Gasteiger charge is -2.35. The van der Waals surface area contributed by atoms with Crippen molar-refractivity contribution < 1.29 is 9.50 Å². The van der Waals surface area contributed by atoms with Gasteiger partial charge in [-0.05, 0) is 42.4 Å². The number of anilines is 1. The van der Waals surface area contributed by atoms with Crippen LogP contribution in [0.4, 0.5) is 10.1 Å². The molecule has 0 radical (unpaired) electrons. The Balaban J connectivity index is 2.15. The van der Waals surface area contributed by atoms with E-state index >= 15 is 0 Å². The van der Waals surface area contributed by atoms with E-state index in [9.17, 15) is 9.50 Å². The summed E-state index contributed by atoms with van der Waals surface area (Å²) in [5.41, 5.74) is 10.6. The summed E-state index contributed by atoms with van der Waals surface area (Å²) in [6.07, 6.45) is 3.05. The number of benzene rings is 1.